The number of hydrogen-bond acceptors (Lipinski definition) is 4. The fourth-order valence-electron chi connectivity index (χ4n) is 3.30. The van der Waals surface area contributed by atoms with Gasteiger partial charge in [-0.3, -0.25) is 4.99 Å². The standard InChI is InChI=1S/C21H29BrN4O2/c1-23-21(24-10-3-12-27-16-20-4-2-13-28-20)25-14-17-9-11-26(15-17)19-7-5-18(22)6-8-19/h2,4-8,13,17H,3,9-12,14-16H2,1H3,(H2,23,24,25). The van der Waals surface area contributed by atoms with Gasteiger partial charge in [-0.2, -0.15) is 0 Å². The van der Waals surface area contributed by atoms with Crippen LogP contribution in [-0.2, 0) is 11.3 Å². The summed E-state index contributed by atoms with van der Waals surface area (Å²) in [6.07, 6.45) is 3.78. The fourth-order valence-corrected chi connectivity index (χ4v) is 3.56. The summed E-state index contributed by atoms with van der Waals surface area (Å²) >= 11 is 3.50. The molecule has 1 fully saturated rings. The van der Waals surface area contributed by atoms with E-state index in [0.29, 0.717) is 19.1 Å². The summed E-state index contributed by atoms with van der Waals surface area (Å²) in [6, 6.07) is 12.3. The first-order chi connectivity index (χ1) is 13.7. The Morgan fingerprint density at radius 2 is 2.14 bits per heavy atom. The molecule has 1 aromatic heterocycles. The number of halogens is 1. The predicted molar refractivity (Wildman–Crippen MR) is 117 cm³/mol. The van der Waals surface area contributed by atoms with E-state index in [4.69, 9.17) is 9.15 Å². The summed E-state index contributed by atoms with van der Waals surface area (Å²) in [4.78, 5) is 6.76. The molecule has 0 spiro atoms. The van der Waals surface area contributed by atoms with Crippen molar-refractivity contribution < 1.29 is 9.15 Å². The van der Waals surface area contributed by atoms with E-state index in [0.717, 1.165) is 48.8 Å². The van der Waals surface area contributed by atoms with Gasteiger partial charge in [0.1, 0.15) is 12.4 Å². The van der Waals surface area contributed by atoms with Crippen molar-refractivity contribution in [3.8, 4) is 0 Å². The van der Waals surface area contributed by atoms with Crippen LogP contribution in [0.2, 0.25) is 0 Å². The van der Waals surface area contributed by atoms with Crippen LogP contribution in [0.25, 0.3) is 0 Å². The molecule has 0 aliphatic carbocycles. The Labute approximate surface area is 175 Å². The number of guanidine groups is 1. The first-order valence-electron chi connectivity index (χ1n) is 9.80. The van der Waals surface area contributed by atoms with Gasteiger partial charge in [-0.1, -0.05) is 15.9 Å². The number of ether oxygens (including phenoxy) is 1. The molecule has 1 aliphatic heterocycles. The smallest absolute Gasteiger partial charge is 0.190 e. The van der Waals surface area contributed by atoms with E-state index in [2.05, 4.69) is 60.7 Å². The molecule has 3 rings (SSSR count). The number of anilines is 1. The Bertz CT molecular complexity index is 719. The number of aliphatic imine (C=N–C) groups is 1. The molecular formula is C21H29BrN4O2. The van der Waals surface area contributed by atoms with Gasteiger partial charge in [0.25, 0.3) is 0 Å². The second kappa shape index (κ2) is 11.1. The Hall–Kier alpha value is -1.99. The van der Waals surface area contributed by atoms with Crippen molar-refractivity contribution in [3.63, 3.8) is 0 Å². The molecule has 1 aromatic carbocycles. The minimum Gasteiger partial charge on any atom is -0.467 e. The summed E-state index contributed by atoms with van der Waals surface area (Å²) < 4.78 is 12.0. The molecule has 0 radical (unpaired) electrons. The van der Waals surface area contributed by atoms with E-state index < -0.39 is 0 Å². The molecule has 2 heterocycles. The lowest BCUT2D eigenvalue weighted by molar-refractivity contribution is 0.105. The highest BCUT2D eigenvalue weighted by atomic mass is 79.9. The monoisotopic (exact) mass is 448 g/mol. The molecule has 0 bridgehead atoms. The number of rotatable bonds is 9. The van der Waals surface area contributed by atoms with Crippen molar-refractivity contribution in [2.24, 2.45) is 10.9 Å². The van der Waals surface area contributed by atoms with E-state index in [1.54, 1.807) is 6.26 Å². The van der Waals surface area contributed by atoms with Gasteiger partial charge in [0.15, 0.2) is 5.96 Å². The molecule has 1 unspecified atom stereocenters. The lowest BCUT2D eigenvalue weighted by atomic mass is 10.1. The zero-order valence-corrected chi connectivity index (χ0v) is 18.0. The SMILES string of the molecule is CN=C(NCCCOCc1ccco1)NCC1CCN(c2ccc(Br)cc2)C1. The third-order valence-corrected chi connectivity index (χ3v) is 5.37. The van der Waals surface area contributed by atoms with Crippen LogP contribution in [0.5, 0.6) is 0 Å². The van der Waals surface area contributed by atoms with Gasteiger partial charge >= 0.3 is 0 Å². The van der Waals surface area contributed by atoms with Crippen LogP contribution in [0.3, 0.4) is 0 Å². The molecule has 0 saturated carbocycles. The van der Waals surface area contributed by atoms with Crippen molar-refractivity contribution in [2.45, 2.75) is 19.4 Å². The van der Waals surface area contributed by atoms with Crippen molar-refractivity contribution in [3.05, 3.63) is 52.9 Å². The number of nitrogens with one attached hydrogen (secondary N) is 2. The second-order valence-electron chi connectivity index (χ2n) is 6.94. The van der Waals surface area contributed by atoms with E-state index in [1.807, 2.05) is 19.2 Å². The van der Waals surface area contributed by atoms with Crippen LogP contribution >= 0.6 is 15.9 Å². The zero-order valence-electron chi connectivity index (χ0n) is 16.4. The van der Waals surface area contributed by atoms with Crippen LogP contribution < -0.4 is 15.5 Å². The van der Waals surface area contributed by atoms with Crippen LogP contribution in [0.1, 0.15) is 18.6 Å². The summed E-state index contributed by atoms with van der Waals surface area (Å²) in [7, 11) is 1.81. The molecule has 1 atom stereocenters. The minimum absolute atomic E-state index is 0.524. The molecule has 1 saturated heterocycles. The molecule has 6 nitrogen and oxygen atoms in total. The first kappa shape index (κ1) is 20.7. The molecule has 1 aliphatic rings. The van der Waals surface area contributed by atoms with Crippen LogP contribution in [0.4, 0.5) is 5.69 Å². The first-order valence-corrected chi connectivity index (χ1v) is 10.6. The molecule has 0 amide bonds. The second-order valence-corrected chi connectivity index (χ2v) is 7.86. The van der Waals surface area contributed by atoms with Crippen LogP contribution in [-0.4, -0.2) is 45.8 Å². The van der Waals surface area contributed by atoms with Crippen LogP contribution in [0, 0.1) is 5.92 Å². The lowest BCUT2D eigenvalue weighted by Gasteiger charge is -2.19. The summed E-state index contributed by atoms with van der Waals surface area (Å²) in [5.74, 6) is 2.34. The maximum atomic E-state index is 5.59. The molecular weight excluding hydrogens is 420 g/mol. The third kappa shape index (κ3) is 6.56. The highest BCUT2D eigenvalue weighted by molar-refractivity contribution is 9.10. The van der Waals surface area contributed by atoms with Gasteiger partial charge in [0.05, 0.1) is 6.26 Å². The Kier molecular flexibility index (Phi) is 8.23. The predicted octanol–water partition coefficient (Wildman–Crippen LogP) is 3.64. The van der Waals surface area contributed by atoms with E-state index in [9.17, 15) is 0 Å². The van der Waals surface area contributed by atoms with Gasteiger partial charge in [0.2, 0.25) is 0 Å². The summed E-state index contributed by atoms with van der Waals surface area (Å²) in [5, 5.41) is 6.81. The number of benzene rings is 1. The van der Waals surface area contributed by atoms with Crippen molar-refractivity contribution in [1.82, 2.24) is 10.6 Å². The van der Waals surface area contributed by atoms with E-state index >= 15 is 0 Å². The normalized spacial score (nSPS) is 17.1. The van der Waals surface area contributed by atoms with Gasteiger partial charge in [-0.25, -0.2) is 0 Å². The maximum Gasteiger partial charge on any atom is 0.190 e. The molecule has 152 valence electrons. The van der Waals surface area contributed by atoms with Gasteiger partial charge in [-0.15, -0.1) is 0 Å². The largest absolute Gasteiger partial charge is 0.467 e. The molecule has 2 aromatic rings. The van der Waals surface area contributed by atoms with Crippen molar-refractivity contribution >= 4 is 27.6 Å². The van der Waals surface area contributed by atoms with E-state index in [-0.39, 0.29) is 0 Å². The number of furan rings is 1. The Balaban J connectivity index is 1.28. The van der Waals surface area contributed by atoms with Crippen LogP contribution in [0.15, 0.2) is 56.5 Å². The van der Waals surface area contributed by atoms with Gasteiger partial charge in [0, 0.05) is 50.0 Å². The van der Waals surface area contributed by atoms with Gasteiger partial charge in [-0.05, 0) is 55.2 Å². The van der Waals surface area contributed by atoms with E-state index in [1.165, 1.54) is 12.1 Å². The highest BCUT2D eigenvalue weighted by Crippen LogP contribution is 2.24. The lowest BCUT2D eigenvalue weighted by Crippen LogP contribution is -2.40. The Morgan fingerprint density at radius 3 is 2.89 bits per heavy atom. The summed E-state index contributed by atoms with van der Waals surface area (Å²) in [5.41, 5.74) is 1.29. The Morgan fingerprint density at radius 1 is 1.29 bits per heavy atom. The number of nitrogens with zero attached hydrogens (tertiary/aromatic N) is 2. The molecule has 2 N–H and O–H groups in total. The fraction of sp³-hybridized carbons (Fsp3) is 0.476. The average molecular weight is 449 g/mol. The molecule has 7 heteroatoms. The summed E-state index contributed by atoms with van der Waals surface area (Å²) in [6.45, 7) is 5.15. The highest BCUT2D eigenvalue weighted by Gasteiger charge is 2.22. The average Bonchev–Trinajstić information content (AvgIpc) is 3.39. The third-order valence-electron chi connectivity index (χ3n) is 4.84. The molecule has 28 heavy (non-hydrogen) atoms. The zero-order chi connectivity index (χ0) is 19.6. The van der Waals surface area contributed by atoms with Gasteiger partial charge < -0.3 is 24.7 Å². The topological polar surface area (TPSA) is 62.0 Å². The maximum absolute atomic E-state index is 5.59. The number of hydrogen-bond donors (Lipinski definition) is 2. The van der Waals surface area contributed by atoms with Crippen molar-refractivity contribution in [1.29, 1.82) is 0 Å². The quantitative estimate of drug-likeness (QED) is 0.348. The van der Waals surface area contributed by atoms with Crippen molar-refractivity contribution in [2.75, 3.05) is 44.7 Å². The minimum atomic E-state index is 0.524.